The average molecular weight is 348 g/mol. The Balaban J connectivity index is 1.77. The van der Waals surface area contributed by atoms with E-state index in [0.29, 0.717) is 23.0 Å². The maximum atomic E-state index is 11.5. The topological polar surface area (TPSA) is 76.1 Å². The van der Waals surface area contributed by atoms with E-state index in [2.05, 4.69) is 20.6 Å². The number of esters is 1. The molecule has 0 radical (unpaired) electrons. The lowest BCUT2D eigenvalue weighted by molar-refractivity contribution is 0.0601. The number of benzene rings is 2. The van der Waals surface area contributed by atoms with Crippen LogP contribution in [0.1, 0.15) is 21.7 Å². The van der Waals surface area contributed by atoms with E-state index in [4.69, 9.17) is 4.74 Å². The Labute approximate surface area is 152 Å². The van der Waals surface area contributed by atoms with Gasteiger partial charge in [-0.3, -0.25) is 0 Å². The second kappa shape index (κ2) is 7.65. The molecule has 1 aromatic heterocycles. The Morgan fingerprint density at radius 1 is 0.846 bits per heavy atom. The lowest BCUT2D eigenvalue weighted by Crippen LogP contribution is -2.03. The monoisotopic (exact) mass is 348 g/mol. The fraction of sp³-hybridized carbons (Fsp3) is 0.150. The molecule has 1 heterocycles. The zero-order valence-corrected chi connectivity index (χ0v) is 14.9. The highest BCUT2D eigenvalue weighted by Gasteiger charge is 2.06. The number of anilines is 4. The molecule has 3 rings (SSSR count). The number of carbonyl (C=O) groups excluding carboxylic acids is 1. The molecule has 132 valence electrons. The molecule has 0 bridgehead atoms. The molecule has 6 heteroatoms. The fourth-order valence-corrected chi connectivity index (χ4v) is 2.44. The van der Waals surface area contributed by atoms with Gasteiger partial charge in [0.1, 0.15) is 17.5 Å². The van der Waals surface area contributed by atoms with Crippen molar-refractivity contribution >= 4 is 29.0 Å². The van der Waals surface area contributed by atoms with Crippen LogP contribution in [0.2, 0.25) is 0 Å². The molecule has 2 N–H and O–H groups in total. The molecule has 2 aromatic carbocycles. The molecule has 3 aromatic rings. The Morgan fingerprint density at radius 2 is 1.35 bits per heavy atom. The van der Waals surface area contributed by atoms with Crippen LogP contribution in [-0.4, -0.2) is 23.0 Å². The molecular formula is C20H20N4O2. The molecule has 0 aliphatic carbocycles. The van der Waals surface area contributed by atoms with Crippen LogP contribution in [0.4, 0.5) is 23.0 Å². The van der Waals surface area contributed by atoms with E-state index in [9.17, 15) is 4.79 Å². The van der Waals surface area contributed by atoms with E-state index in [1.807, 2.05) is 44.2 Å². The van der Waals surface area contributed by atoms with Gasteiger partial charge in [0.05, 0.1) is 12.7 Å². The summed E-state index contributed by atoms with van der Waals surface area (Å²) in [4.78, 5) is 20.3. The predicted molar refractivity (Wildman–Crippen MR) is 102 cm³/mol. The van der Waals surface area contributed by atoms with Crippen molar-refractivity contribution in [3.63, 3.8) is 0 Å². The number of hydrogen-bond acceptors (Lipinski definition) is 6. The minimum atomic E-state index is -0.362. The summed E-state index contributed by atoms with van der Waals surface area (Å²) in [7, 11) is 1.36. The number of nitrogens with one attached hydrogen (secondary N) is 2. The summed E-state index contributed by atoms with van der Waals surface area (Å²) in [5.41, 5.74) is 3.48. The number of aromatic nitrogens is 2. The molecule has 0 aliphatic heterocycles. The van der Waals surface area contributed by atoms with Gasteiger partial charge in [-0.05, 0) is 50.2 Å². The standard InChI is InChI=1S/C20H20N4O2/c1-13-4-8-16(9-5-13)23-18-12-19(22-14(2)21-18)24-17-10-6-15(7-11-17)20(25)26-3/h4-12H,1-3H3,(H2,21,22,23,24). The molecule has 0 fully saturated rings. The maximum absolute atomic E-state index is 11.5. The number of nitrogens with zero attached hydrogens (tertiary/aromatic N) is 2. The van der Waals surface area contributed by atoms with Crippen LogP contribution in [0.3, 0.4) is 0 Å². The lowest BCUT2D eigenvalue weighted by atomic mass is 10.2. The first-order valence-corrected chi connectivity index (χ1v) is 8.18. The van der Waals surface area contributed by atoms with Crippen LogP contribution in [0.5, 0.6) is 0 Å². The first-order valence-electron chi connectivity index (χ1n) is 8.18. The van der Waals surface area contributed by atoms with Gasteiger partial charge < -0.3 is 15.4 Å². The Bertz CT molecular complexity index is 906. The van der Waals surface area contributed by atoms with Crippen molar-refractivity contribution < 1.29 is 9.53 Å². The average Bonchev–Trinajstić information content (AvgIpc) is 2.63. The minimum absolute atomic E-state index is 0.362. The number of hydrogen-bond donors (Lipinski definition) is 2. The predicted octanol–water partition coefficient (Wildman–Crippen LogP) is 4.37. The third-order valence-corrected chi connectivity index (χ3v) is 3.74. The highest BCUT2D eigenvalue weighted by atomic mass is 16.5. The molecule has 0 saturated heterocycles. The van der Waals surface area contributed by atoms with Crippen LogP contribution in [0.25, 0.3) is 0 Å². The Morgan fingerprint density at radius 3 is 1.85 bits per heavy atom. The minimum Gasteiger partial charge on any atom is -0.465 e. The summed E-state index contributed by atoms with van der Waals surface area (Å²) in [5, 5.41) is 6.50. The van der Waals surface area contributed by atoms with Gasteiger partial charge in [0.25, 0.3) is 0 Å². The molecule has 0 atom stereocenters. The zero-order valence-electron chi connectivity index (χ0n) is 14.9. The lowest BCUT2D eigenvalue weighted by Gasteiger charge is -2.11. The second-order valence-electron chi connectivity index (χ2n) is 5.87. The summed E-state index contributed by atoms with van der Waals surface area (Å²) in [6.45, 7) is 3.89. The van der Waals surface area contributed by atoms with Gasteiger partial charge in [-0.25, -0.2) is 14.8 Å². The zero-order chi connectivity index (χ0) is 18.5. The largest absolute Gasteiger partial charge is 0.465 e. The third kappa shape index (κ3) is 4.36. The van der Waals surface area contributed by atoms with Crippen molar-refractivity contribution in [3.05, 3.63) is 71.5 Å². The molecule has 0 unspecified atom stereocenters. The first kappa shape index (κ1) is 17.4. The van der Waals surface area contributed by atoms with Gasteiger partial charge in [0.2, 0.25) is 0 Å². The van der Waals surface area contributed by atoms with Crippen LogP contribution >= 0.6 is 0 Å². The molecule has 6 nitrogen and oxygen atoms in total. The highest BCUT2D eigenvalue weighted by Crippen LogP contribution is 2.21. The van der Waals surface area contributed by atoms with E-state index in [-0.39, 0.29) is 5.97 Å². The van der Waals surface area contributed by atoms with Gasteiger partial charge in [-0.1, -0.05) is 17.7 Å². The van der Waals surface area contributed by atoms with Crippen LogP contribution in [0.15, 0.2) is 54.6 Å². The maximum Gasteiger partial charge on any atom is 0.337 e. The van der Waals surface area contributed by atoms with Crippen molar-refractivity contribution in [3.8, 4) is 0 Å². The van der Waals surface area contributed by atoms with E-state index in [1.54, 1.807) is 24.3 Å². The van der Waals surface area contributed by atoms with Crippen LogP contribution in [0, 0.1) is 13.8 Å². The Hall–Kier alpha value is -3.41. The normalized spacial score (nSPS) is 10.3. The third-order valence-electron chi connectivity index (χ3n) is 3.74. The molecule has 0 aliphatic rings. The smallest absolute Gasteiger partial charge is 0.337 e. The Kier molecular flexibility index (Phi) is 5.12. The number of rotatable bonds is 5. The first-order chi connectivity index (χ1) is 12.5. The molecule has 0 amide bonds. The van der Waals surface area contributed by atoms with Gasteiger partial charge >= 0.3 is 5.97 Å². The molecule has 0 saturated carbocycles. The number of aryl methyl sites for hydroxylation is 2. The van der Waals surface area contributed by atoms with Crippen molar-refractivity contribution in [2.24, 2.45) is 0 Å². The molecule has 0 spiro atoms. The van der Waals surface area contributed by atoms with Gasteiger partial charge in [0.15, 0.2) is 0 Å². The van der Waals surface area contributed by atoms with E-state index in [1.165, 1.54) is 12.7 Å². The van der Waals surface area contributed by atoms with Crippen molar-refractivity contribution in [1.29, 1.82) is 0 Å². The van der Waals surface area contributed by atoms with Gasteiger partial charge in [-0.15, -0.1) is 0 Å². The molecule has 26 heavy (non-hydrogen) atoms. The van der Waals surface area contributed by atoms with Crippen molar-refractivity contribution in [2.45, 2.75) is 13.8 Å². The number of carbonyl (C=O) groups is 1. The summed E-state index contributed by atoms with van der Waals surface area (Å²) < 4.78 is 4.70. The summed E-state index contributed by atoms with van der Waals surface area (Å²) in [6.07, 6.45) is 0. The van der Waals surface area contributed by atoms with Crippen LogP contribution < -0.4 is 10.6 Å². The quantitative estimate of drug-likeness (QED) is 0.667. The van der Waals surface area contributed by atoms with E-state index in [0.717, 1.165) is 11.4 Å². The SMILES string of the molecule is COC(=O)c1ccc(Nc2cc(Nc3ccc(C)cc3)nc(C)n2)cc1. The van der Waals surface area contributed by atoms with E-state index >= 15 is 0 Å². The number of ether oxygens (including phenoxy) is 1. The summed E-state index contributed by atoms with van der Waals surface area (Å²) in [6, 6.07) is 16.9. The van der Waals surface area contributed by atoms with Gasteiger partial charge in [-0.2, -0.15) is 0 Å². The highest BCUT2D eigenvalue weighted by molar-refractivity contribution is 5.89. The molecular weight excluding hydrogens is 328 g/mol. The van der Waals surface area contributed by atoms with Crippen molar-refractivity contribution in [2.75, 3.05) is 17.7 Å². The van der Waals surface area contributed by atoms with Gasteiger partial charge in [0, 0.05) is 17.4 Å². The van der Waals surface area contributed by atoms with Crippen LogP contribution in [-0.2, 0) is 4.74 Å². The van der Waals surface area contributed by atoms with Crippen molar-refractivity contribution in [1.82, 2.24) is 9.97 Å². The van der Waals surface area contributed by atoms with E-state index < -0.39 is 0 Å². The second-order valence-corrected chi connectivity index (χ2v) is 5.87. The number of methoxy groups -OCH3 is 1. The summed E-state index contributed by atoms with van der Waals surface area (Å²) in [5.74, 6) is 1.66. The fourth-order valence-electron chi connectivity index (χ4n) is 2.44. The summed E-state index contributed by atoms with van der Waals surface area (Å²) >= 11 is 0.